The van der Waals surface area contributed by atoms with E-state index in [1.54, 1.807) is 0 Å². The summed E-state index contributed by atoms with van der Waals surface area (Å²) in [4.78, 5) is 20.8. The number of cyclic esters (lactones) is 1. The molecular formula is C6H9NO5. The van der Waals surface area contributed by atoms with Gasteiger partial charge >= 0.3 is 5.97 Å². The van der Waals surface area contributed by atoms with Crippen molar-refractivity contribution in [3.05, 3.63) is 0 Å². The highest BCUT2D eigenvalue weighted by molar-refractivity contribution is 5.78. The molecule has 6 nitrogen and oxygen atoms in total. The van der Waals surface area contributed by atoms with Gasteiger partial charge in [-0.3, -0.25) is 0 Å². The van der Waals surface area contributed by atoms with Gasteiger partial charge in [0.2, 0.25) is 0 Å². The second-order valence-corrected chi connectivity index (χ2v) is 2.55. The molecule has 0 radical (unpaired) electrons. The van der Waals surface area contributed by atoms with Gasteiger partial charge in [-0.2, -0.15) is 0 Å². The van der Waals surface area contributed by atoms with Crippen molar-refractivity contribution < 1.29 is 24.5 Å². The lowest BCUT2D eigenvalue weighted by molar-refractivity contribution is -0.147. The van der Waals surface area contributed by atoms with Crippen LogP contribution in [0.1, 0.15) is 0 Å². The third-order valence-electron chi connectivity index (χ3n) is 1.69. The number of aldehydes is 1. The maximum Gasteiger partial charge on any atom is 0.338 e. The number of hydrogen-bond donors (Lipinski definition) is 3. The molecule has 0 aliphatic carbocycles. The molecule has 1 rings (SSSR count). The molecule has 0 aromatic carbocycles. The number of carbonyl (C=O) groups excluding carboxylic acids is 2. The van der Waals surface area contributed by atoms with Crippen molar-refractivity contribution in [3.63, 3.8) is 0 Å². The summed E-state index contributed by atoms with van der Waals surface area (Å²) < 4.78 is 4.44. The van der Waals surface area contributed by atoms with E-state index in [1.165, 1.54) is 0 Å². The standard InChI is InChI=1S/C6H9NO5/c7-2(1-8)5-3(9)4(10)6(11)12-5/h1-5,9-10H,7H2/t2-,3-,4+,5-/m1/s1. The third-order valence-corrected chi connectivity index (χ3v) is 1.69. The molecule has 0 aromatic rings. The highest BCUT2D eigenvalue weighted by Crippen LogP contribution is 2.16. The van der Waals surface area contributed by atoms with E-state index in [-0.39, 0.29) is 0 Å². The Labute approximate surface area is 67.9 Å². The molecule has 0 unspecified atom stereocenters. The van der Waals surface area contributed by atoms with Gasteiger partial charge in [0.05, 0.1) is 0 Å². The van der Waals surface area contributed by atoms with Crippen molar-refractivity contribution in [1.82, 2.24) is 0 Å². The molecule has 1 aliphatic rings. The number of rotatable bonds is 2. The van der Waals surface area contributed by atoms with Gasteiger partial charge in [-0.25, -0.2) is 4.79 Å². The summed E-state index contributed by atoms with van der Waals surface area (Å²) >= 11 is 0. The number of hydrogen-bond acceptors (Lipinski definition) is 6. The van der Waals surface area contributed by atoms with E-state index < -0.39 is 30.3 Å². The zero-order chi connectivity index (χ0) is 9.30. The van der Waals surface area contributed by atoms with Gasteiger partial charge in [0.15, 0.2) is 12.2 Å². The van der Waals surface area contributed by atoms with Crippen molar-refractivity contribution >= 4 is 12.3 Å². The molecule has 68 valence electrons. The quantitative estimate of drug-likeness (QED) is 0.308. The van der Waals surface area contributed by atoms with E-state index in [0.29, 0.717) is 6.29 Å². The Morgan fingerprint density at radius 3 is 2.50 bits per heavy atom. The van der Waals surface area contributed by atoms with Gasteiger partial charge in [0, 0.05) is 0 Å². The van der Waals surface area contributed by atoms with Gasteiger partial charge in [0.25, 0.3) is 0 Å². The van der Waals surface area contributed by atoms with Crippen LogP contribution < -0.4 is 5.73 Å². The second kappa shape index (κ2) is 3.18. The summed E-state index contributed by atoms with van der Waals surface area (Å²) in [6.45, 7) is 0. The molecule has 6 heteroatoms. The van der Waals surface area contributed by atoms with E-state index in [1.807, 2.05) is 0 Å². The van der Waals surface area contributed by atoms with Crippen molar-refractivity contribution in [2.45, 2.75) is 24.4 Å². The minimum Gasteiger partial charge on any atom is -0.455 e. The smallest absolute Gasteiger partial charge is 0.338 e. The fourth-order valence-electron chi connectivity index (χ4n) is 0.976. The first kappa shape index (κ1) is 9.11. The first-order valence-electron chi connectivity index (χ1n) is 3.35. The Morgan fingerprint density at radius 2 is 2.17 bits per heavy atom. The molecule has 0 aromatic heterocycles. The molecule has 1 fully saturated rings. The monoisotopic (exact) mass is 175 g/mol. The van der Waals surface area contributed by atoms with Gasteiger partial charge in [0.1, 0.15) is 18.4 Å². The van der Waals surface area contributed by atoms with Crippen LogP contribution in [-0.4, -0.2) is 46.8 Å². The molecule has 0 spiro atoms. The molecular weight excluding hydrogens is 166 g/mol. The van der Waals surface area contributed by atoms with Crippen molar-refractivity contribution in [2.75, 3.05) is 0 Å². The Balaban J connectivity index is 2.70. The Hall–Kier alpha value is -0.980. The maximum atomic E-state index is 10.6. The van der Waals surface area contributed by atoms with E-state index in [2.05, 4.69) is 4.74 Å². The van der Waals surface area contributed by atoms with E-state index in [9.17, 15) is 9.59 Å². The van der Waals surface area contributed by atoms with Crippen LogP contribution >= 0.6 is 0 Å². The zero-order valence-corrected chi connectivity index (χ0v) is 6.08. The van der Waals surface area contributed by atoms with Crippen LogP contribution in [0, 0.1) is 0 Å². The average Bonchev–Trinajstić information content (AvgIpc) is 2.32. The number of ether oxygens (including phenoxy) is 1. The summed E-state index contributed by atoms with van der Waals surface area (Å²) in [6.07, 6.45) is -3.80. The number of nitrogens with two attached hydrogens (primary N) is 1. The summed E-state index contributed by atoms with van der Waals surface area (Å²) in [5.41, 5.74) is 5.18. The molecule has 1 heterocycles. The van der Waals surface area contributed by atoms with Crippen LogP contribution in [0.15, 0.2) is 0 Å². The van der Waals surface area contributed by atoms with Crippen LogP contribution in [0.2, 0.25) is 0 Å². The van der Waals surface area contributed by atoms with Crippen LogP contribution in [0.5, 0.6) is 0 Å². The highest BCUT2D eigenvalue weighted by atomic mass is 16.6. The molecule has 4 atom stereocenters. The Kier molecular flexibility index (Phi) is 2.41. The summed E-state index contributed by atoms with van der Waals surface area (Å²) in [5.74, 6) is -0.954. The minimum absolute atomic E-state index is 0.346. The Morgan fingerprint density at radius 1 is 1.58 bits per heavy atom. The number of aliphatic hydroxyl groups excluding tert-OH is 2. The van der Waals surface area contributed by atoms with E-state index >= 15 is 0 Å². The van der Waals surface area contributed by atoms with E-state index in [4.69, 9.17) is 15.9 Å². The molecule has 12 heavy (non-hydrogen) atoms. The topological polar surface area (TPSA) is 110 Å². The summed E-state index contributed by atoms with van der Waals surface area (Å²) in [5, 5.41) is 18.0. The number of esters is 1. The lowest BCUT2D eigenvalue weighted by Gasteiger charge is -2.15. The van der Waals surface area contributed by atoms with Gasteiger partial charge in [-0.05, 0) is 0 Å². The average molecular weight is 175 g/mol. The molecule has 1 saturated heterocycles. The van der Waals surface area contributed by atoms with Gasteiger partial charge in [-0.1, -0.05) is 0 Å². The summed E-state index contributed by atoms with van der Waals surface area (Å²) in [7, 11) is 0. The first-order chi connectivity index (χ1) is 5.57. The normalized spacial score (nSPS) is 37.6. The fraction of sp³-hybridized carbons (Fsp3) is 0.667. The Bertz CT molecular complexity index is 206. The maximum absolute atomic E-state index is 10.6. The van der Waals surface area contributed by atoms with Crippen LogP contribution in [-0.2, 0) is 14.3 Å². The number of aliphatic hydroxyl groups is 2. The lowest BCUT2D eigenvalue weighted by atomic mass is 10.1. The van der Waals surface area contributed by atoms with Crippen LogP contribution in [0.4, 0.5) is 0 Å². The van der Waals surface area contributed by atoms with Gasteiger partial charge in [-0.15, -0.1) is 0 Å². The predicted molar refractivity (Wildman–Crippen MR) is 35.9 cm³/mol. The third kappa shape index (κ3) is 1.31. The predicted octanol–water partition coefficient (Wildman–Crippen LogP) is -2.84. The molecule has 0 bridgehead atoms. The first-order valence-corrected chi connectivity index (χ1v) is 3.35. The lowest BCUT2D eigenvalue weighted by Crippen LogP contribution is -2.44. The summed E-state index contributed by atoms with van der Waals surface area (Å²) in [6, 6.07) is -1.10. The zero-order valence-electron chi connectivity index (χ0n) is 6.08. The fourth-order valence-corrected chi connectivity index (χ4v) is 0.976. The molecule has 0 amide bonds. The minimum atomic E-state index is -1.60. The van der Waals surface area contributed by atoms with Crippen LogP contribution in [0.25, 0.3) is 0 Å². The molecule has 0 saturated carbocycles. The highest BCUT2D eigenvalue weighted by Gasteiger charge is 2.45. The second-order valence-electron chi connectivity index (χ2n) is 2.55. The SMILES string of the molecule is N[C@H](C=O)[C@H]1OC(=O)[C@@H](O)[C@H]1O. The molecule has 4 N–H and O–H groups in total. The molecule has 1 aliphatic heterocycles. The van der Waals surface area contributed by atoms with Crippen LogP contribution in [0.3, 0.4) is 0 Å². The van der Waals surface area contributed by atoms with Gasteiger partial charge < -0.3 is 25.5 Å². The largest absolute Gasteiger partial charge is 0.455 e. The van der Waals surface area contributed by atoms with E-state index in [0.717, 1.165) is 0 Å². The number of carbonyl (C=O) groups is 2. The van der Waals surface area contributed by atoms with Crippen molar-refractivity contribution in [1.29, 1.82) is 0 Å². The van der Waals surface area contributed by atoms with Crippen molar-refractivity contribution in [3.8, 4) is 0 Å². The van der Waals surface area contributed by atoms with Crippen molar-refractivity contribution in [2.24, 2.45) is 5.73 Å².